The van der Waals surface area contributed by atoms with Crippen LogP contribution in [0.1, 0.15) is 18.9 Å². The lowest BCUT2D eigenvalue weighted by molar-refractivity contribution is 0.210. The predicted octanol–water partition coefficient (Wildman–Crippen LogP) is 3.99. The molecule has 16 heavy (non-hydrogen) atoms. The Hall–Kier alpha value is -1.76. The third-order valence-electron chi connectivity index (χ3n) is 2.52. The highest BCUT2D eigenvalue weighted by molar-refractivity contribution is 5.28. The lowest BCUT2D eigenvalue weighted by atomic mass is 10.2. The van der Waals surface area contributed by atoms with E-state index in [1.807, 2.05) is 24.3 Å². The molecule has 0 aromatic heterocycles. The number of allylic oxidation sites excluding steroid dienone is 5. The van der Waals surface area contributed by atoms with Crippen LogP contribution in [0.5, 0.6) is 0 Å². The van der Waals surface area contributed by atoms with E-state index in [0.717, 1.165) is 12.2 Å². The molecule has 2 rings (SSSR count). The fourth-order valence-corrected chi connectivity index (χ4v) is 1.56. The molecule has 0 amide bonds. The van der Waals surface area contributed by atoms with Crippen LogP contribution in [0.3, 0.4) is 0 Å². The number of hydrogen-bond donors (Lipinski definition) is 0. The zero-order chi connectivity index (χ0) is 11.2. The van der Waals surface area contributed by atoms with E-state index in [2.05, 4.69) is 37.3 Å². The Balaban J connectivity index is 1.92. The minimum absolute atomic E-state index is 0.635. The molecule has 1 nitrogen and oxygen atoms in total. The predicted molar refractivity (Wildman–Crippen MR) is 66.8 cm³/mol. The average molecular weight is 212 g/mol. The molecule has 82 valence electrons. The van der Waals surface area contributed by atoms with Crippen LogP contribution < -0.4 is 0 Å². The number of benzene rings is 1. The highest BCUT2D eigenvalue weighted by Gasteiger charge is 1.97. The van der Waals surface area contributed by atoms with Gasteiger partial charge in [0.05, 0.1) is 0 Å². The van der Waals surface area contributed by atoms with Crippen LogP contribution in [0.4, 0.5) is 0 Å². The van der Waals surface area contributed by atoms with Gasteiger partial charge in [-0.25, -0.2) is 0 Å². The summed E-state index contributed by atoms with van der Waals surface area (Å²) in [6, 6.07) is 10.2. The van der Waals surface area contributed by atoms with Crippen LogP contribution in [-0.4, -0.2) is 0 Å². The summed E-state index contributed by atoms with van der Waals surface area (Å²) in [6.45, 7) is 2.74. The van der Waals surface area contributed by atoms with Crippen molar-refractivity contribution in [1.82, 2.24) is 0 Å². The topological polar surface area (TPSA) is 9.23 Å². The van der Waals surface area contributed by atoms with E-state index in [4.69, 9.17) is 4.74 Å². The smallest absolute Gasteiger partial charge is 0.116 e. The second-order valence-corrected chi connectivity index (χ2v) is 3.90. The highest BCUT2D eigenvalue weighted by Crippen LogP contribution is 2.13. The molecule has 0 saturated carbocycles. The molecule has 1 aliphatic carbocycles. The summed E-state index contributed by atoms with van der Waals surface area (Å²) < 4.78 is 5.74. The summed E-state index contributed by atoms with van der Waals surface area (Å²) in [6.07, 6.45) is 9.36. The fraction of sp³-hybridized carbons (Fsp3) is 0.200. The SMILES string of the molecule is CC1=CCC=C(OCc2ccccc2)C=C1. The minimum atomic E-state index is 0.635. The largest absolute Gasteiger partial charge is 0.489 e. The highest BCUT2D eigenvalue weighted by atomic mass is 16.5. The normalized spacial score (nSPS) is 15.1. The van der Waals surface area contributed by atoms with Gasteiger partial charge in [0.1, 0.15) is 12.4 Å². The van der Waals surface area contributed by atoms with Crippen molar-refractivity contribution in [3.8, 4) is 0 Å². The van der Waals surface area contributed by atoms with E-state index in [0.29, 0.717) is 6.61 Å². The Bertz CT molecular complexity index is 424. The van der Waals surface area contributed by atoms with Crippen LogP contribution in [0, 0.1) is 0 Å². The van der Waals surface area contributed by atoms with E-state index in [1.165, 1.54) is 11.1 Å². The molecule has 1 aliphatic rings. The Morgan fingerprint density at radius 2 is 1.88 bits per heavy atom. The van der Waals surface area contributed by atoms with Crippen molar-refractivity contribution < 1.29 is 4.74 Å². The molecular formula is C15H16O. The van der Waals surface area contributed by atoms with Crippen LogP contribution >= 0.6 is 0 Å². The summed E-state index contributed by atoms with van der Waals surface area (Å²) >= 11 is 0. The van der Waals surface area contributed by atoms with Gasteiger partial charge in [-0.3, -0.25) is 0 Å². The lowest BCUT2D eigenvalue weighted by Crippen LogP contribution is -1.91. The van der Waals surface area contributed by atoms with Crippen LogP contribution in [-0.2, 0) is 11.3 Å². The summed E-state index contributed by atoms with van der Waals surface area (Å²) in [5, 5.41) is 0. The first kappa shape index (κ1) is 10.7. The summed E-state index contributed by atoms with van der Waals surface area (Å²) in [7, 11) is 0. The molecule has 0 saturated heterocycles. The van der Waals surface area contributed by atoms with Crippen molar-refractivity contribution in [3.05, 3.63) is 71.5 Å². The van der Waals surface area contributed by atoms with Gasteiger partial charge in [-0.15, -0.1) is 0 Å². The zero-order valence-corrected chi connectivity index (χ0v) is 9.52. The van der Waals surface area contributed by atoms with Gasteiger partial charge in [-0.2, -0.15) is 0 Å². The van der Waals surface area contributed by atoms with Gasteiger partial charge in [0.2, 0.25) is 0 Å². The van der Waals surface area contributed by atoms with Crippen LogP contribution in [0.25, 0.3) is 0 Å². The van der Waals surface area contributed by atoms with Gasteiger partial charge < -0.3 is 4.74 Å². The molecule has 0 radical (unpaired) electrons. The maximum Gasteiger partial charge on any atom is 0.116 e. The Morgan fingerprint density at radius 3 is 2.69 bits per heavy atom. The molecule has 1 aromatic carbocycles. The third-order valence-corrected chi connectivity index (χ3v) is 2.52. The molecule has 0 unspecified atom stereocenters. The first-order chi connectivity index (χ1) is 7.84. The van der Waals surface area contributed by atoms with E-state index in [9.17, 15) is 0 Å². The standard InChI is InChI=1S/C15H16O/c1-13-6-5-9-15(11-10-13)16-12-14-7-3-2-4-8-14/h2-4,6-11H,5,12H2,1H3. The fourth-order valence-electron chi connectivity index (χ4n) is 1.56. The molecular weight excluding hydrogens is 196 g/mol. The van der Waals surface area contributed by atoms with Crippen molar-refractivity contribution in [1.29, 1.82) is 0 Å². The van der Waals surface area contributed by atoms with E-state index >= 15 is 0 Å². The second-order valence-electron chi connectivity index (χ2n) is 3.90. The van der Waals surface area contributed by atoms with Crippen molar-refractivity contribution in [2.45, 2.75) is 20.0 Å². The van der Waals surface area contributed by atoms with Crippen molar-refractivity contribution in [3.63, 3.8) is 0 Å². The average Bonchev–Trinajstić information content (AvgIpc) is 2.53. The Kier molecular flexibility index (Phi) is 3.60. The summed E-state index contributed by atoms with van der Waals surface area (Å²) in [5.74, 6) is 0.956. The lowest BCUT2D eigenvalue weighted by Gasteiger charge is -2.06. The van der Waals surface area contributed by atoms with Gasteiger partial charge in [-0.1, -0.05) is 48.1 Å². The molecule has 0 bridgehead atoms. The van der Waals surface area contributed by atoms with Gasteiger partial charge in [0.25, 0.3) is 0 Å². The molecule has 0 atom stereocenters. The number of hydrogen-bond acceptors (Lipinski definition) is 1. The van der Waals surface area contributed by atoms with Crippen LogP contribution in [0.15, 0.2) is 66.0 Å². The molecule has 1 aromatic rings. The van der Waals surface area contributed by atoms with Crippen molar-refractivity contribution in [2.24, 2.45) is 0 Å². The first-order valence-corrected chi connectivity index (χ1v) is 5.56. The molecule has 0 heterocycles. The van der Waals surface area contributed by atoms with Crippen molar-refractivity contribution >= 4 is 0 Å². The maximum absolute atomic E-state index is 5.74. The zero-order valence-electron chi connectivity index (χ0n) is 9.52. The Morgan fingerprint density at radius 1 is 1.06 bits per heavy atom. The van der Waals surface area contributed by atoms with E-state index in [1.54, 1.807) is 0 Å². The summed E-state index contributed by atoms with van der Waals surface area (Å²) in [5.41, 5.74) is 2.49. The molecule has 0 N–H and O–H groups in total. The molecule has 0 spiro atoms. The Labute approximate surface area is 96.8 Å². The quantitative estimate of drug-likeness (QED) is 0.736. The van der Waals surface area contributed by atoms with Crippen LogP contribution in [0.2, 0.25) is 0 Å². The van der Waals surface area contributed by atoms with Gasteiger partial charge >= 0.3 is 0 Å². The maximum atomic E-state index is 5.74. The number of rotatable bonds is 3. The second kappa shape index (κ2) is 5.36. The van der Waals surface area contributed by atoms with Gasteiger partial charge in [-0.05, 0) is 31.1 Å². The molecule has 0 aliphatic heterocycles. The molecule has 0 fully saturated rings. The third kappa shape index (κ3) is 3.13. The minimum Gasteiger partial charge on any atom is -0.489 e. The van der Waals surface area contributed by atoms with E-state index < -0.39 is 0 Å². The van der Waals surface area contributed by atoms with Gasteiger partial charge in [0, 0.05) is 0 Å². The molecule has 1 heteroatoms. The first-order valence-electron chi connectivity index (χ1n) is 5.56. The van der Waals surface area contributed by atoms with Crippen molar-refractivity contribution in [2.75, 3.05) is 0 Å². The number of ether oxygens (including phenoxy) is 1. The summed E-state index contributed by atoms with van der Waals surface area (Å²) in [4.78, 5) is 0. The monoisotopic (exact) mass is 212 g/mol. The van der Waals surface area contributed by atoms with Gasteiger partial charge in [0.15, 0.2) is 0 Å². The van der Waals surface area contributed by atoms with E-state index in [-0.39, 0.29) is 0 Å².